The first kappa shape index (κ1) is 14.9. The van der Waals surface area contributed by atoms with E-state index in [0.717, 1.165) is 12.1 Å². The SMILES string of the molecule is Cc1ccc(C(C)Nc2ccc(F)c(F)c2)cc1[N+](=O)[O-]. The maximum atomic E-state index is 13.2. The van der Waals surface area contributed by atoms with E-state index in [-0.39, 0.29) is 11.7 Å². The summed E-state index contributed by atoms with van der Waals surface area (Å²) in [4.78, 5) is 10.5. The molecule has 6 heteroatoms. The highest BCUT2D eigenvalue weighted by Crippen LogP contribution is 2.26. The fourth-order valence-corrected chi connectivity index (χ4v) is 2.01. The van der Waals surface area contributed by atoms with Gasteiger partial charge >= 0.3 is 0 Å². The summed E-state index contributed by atoms with van der Waals surface area (Å²) < 4.78 is 26.0. The molecule has 0 fully saturated rings. The van der Waals surface area contributed by atoms with Gasteiger partial charge in [0.05, 0.1) is 4.92 Å². The van der Waals surface area contributed by atoms with E-state index in [1.165, 1.54) is 12.1 Å². The van der Waals surface area contributed by atoms with Gasteiger partial charge in [0.15, 0.2) is 11.6 Å². The molecule has 0 aromatic heterocycles. The summed E-state index contributed by atoms with van der Waals surface area (Å²) in [6, 6.07) is 8.12. The minimum absolute atomic E-state index is 0.0337. The van der Waals surface area contributed by atoms with Gasteiger partial charge in [0.1, 0.15) is 0 Å². The molecule has 2 rings (SSSR count). The van der Waals surface area contributed by atoms with E-state index in [4.69, 9.17) is 0 Å². The Hall–Kier alpha value is -2.50. The molecule has 110 valence electrons. The highest BCUT2D eigenvalue weighted by atomic mass is 19.2. The molecule has 0 aliphatic carbocycles. The maximum Gasteiger partial charge on any atom is 0.272 e. The van der Waals surface area contributed by atoms with Gasteiger partial charge in [0.2, 0.25) is 0 Å². The van der Waals surface area contributed by atoms with E-state index in [1.54, 1.807) is 26.0 Å². The van der Waals surface area contributed by atoms with Gasteiger partial charge in [-0.1, -0.05) is 12.1 Å². The van der Waals surface area contributed by atoms with E-state index in [0.29, 0.717) is 16.8 Å². The van der Waals surface area contributed by atoms with Gasteiger partial charge in [-0.3, -0.25) is 10.1 Å². The van der Waals surface area contributed by atoms with Crippen molar-refractivity contribution in [2.75, 3.05) is 5.32 Å². The average molecular weight is 292 g/mol. The second-order valence-electron chi connectivity index (χ2n) is 4.80. The van der Waals surface area contributed by atoms with Crippen LogP contribution in [-0.2, 0) is 0 Å². The van der Waals surface area contributed by atoms with Crippen LogP contribution in [0.2, 0.25) is 0 Å². The fraction of sp³-hybridized carbons (Fsp3) is 0.200. The fourth-order valence-electron chi connectivity index (χ4n) is 2.01. The summed E-state index contributed by atoms with van der Waals surface area (Å²) in [5, 5.41) is 13.9. The minimum Gasteiger partial charge on any atom is -0.378 e. The first-order valence-electron chi connectivity index (χ1n) is 6.35. The molecular formula is C15H14F2N2O2. The molecule has 4 nitrogen and oxygen atoms in total. The highest BCUT2D eigenvalue weighted by molar-refractivity contribution is 5.48. The largest absolute Gasteiger partial charge is 0.378 e. The van der Waals surface area contributed by atoms with Crippen LogP contribution in [-0.4, -0.2) is 4.92 Å². The van der Waals surface area contributed by atoms with Gasteiger partial charge in [0, 0.05) is 29.4 Å². The number of nitro groups is 1. The lowest BCUT2D eigenvalue weighted by molar-refractivity contribution is -0.385. The molecule has 0 spiro atoms. The van der Waals surface area contributed by atoms with Crippen LogP contribution in [0.4, 0.5) is 20.2 Å². The standard InChI is InChI=1S/C15H14F2N2O2/c1-9-3-4-11(7-15(9)19(20)21)10(2)18-12-5-6-13(16)14(17)8-12/h3-8,10,18H,1-2H3. The first-order valence-corrected chi connectivity index (χ1v) is 6.35. The van der Waals surface area contributed by atoms with Gasteiger partial charge in [-0.2, -0.15) is 0 Å². The lowest BCUT2D eigenvalue weighted by atomic mass is 10.0. The summed E-state index contributed by atoms with van der Waals surface area (Å²) in [6.45, 7) is 3.45. The number of nitrogens with zero attached hydrogens (tertiary/aromatic N) is 1. The number of halogens is 2. The third-order valence-electron chi connectivity index (χ3n) is 3.23. The van der Waals surface area contributed by atoms with E-state index in [9.17, 15) is 18.9 Å². The molecule has 0 bridgehead atoms. The van der Waals surface area contributed by atoms with E-state index >= 15 is 0 Å². The van der Waals surface area contributed by atoms with Crippen molar-refractivity contribution < 1.29 is 13.7 Å². The predicted octanol–water partition coefficient (Wildman–Crippen LogP) is 4.35. The van der Waals surface area contributed by atoms with Crippen LogP contribution in [0, 0.1) is 28.7 Å². The Morgan fingerprint density at radius 2 is 1.86 bits per heavy atom. The molecule has 0 heterocycles. The number of rotatable bonds is 4. The Balaban J connectivity index is 2.23. The van der Waals surface area contributed by atoms with Crippen molar-refractivity contribution in [3.63, 3.8) is 0 Å². The Morgan fingerprint density at radius 1 is 1.14 bits per heavy atom. The van der Waals surface area contributed by atoms with Gasteiger partial charge < -0.3 is 5.32 Å². The highest BCUT2D eigenvalue weighted by Gasteiger charge is 2.14. The summed E-state index contributed by atoms with van der Waals surface area (Å²) in [6.07, 6.45) is 0. The third-order valence-corrected chi connectivity index (χ3v) is 3.23. The Morgan fingerprint density at radius 3 is 2.48 bits per heavy atom. The normalized spacial score (nSPS) is 12.0. The van der Waals surface area contributed by atoms with E-state index in [2.05, 4.69) is 5.32 Å². The topological polar surface area (TPSA) is 55.2 Å². The van der Waals surface area contributed by atoms with Crippen LogP contribution in [0.1, 0.15) is 24.1 Å². The van der Waals surface area contributed by atoms with Crippen molar-refractivity contribution in [2.24, 2.45) is 0 Å². The zero-order valence-corrected chi connectivity index (χ0v) is 11.6. The molecule has 1 atom stereocenters. The molecule has 0 aliphatic rings. The Labute approximate surface area is 120 Å². The molecule has 2 aromatic rings. The average Bonchev–Trinajstić information content (AvgIpc) is 2.43. The van der Waals surface area contributed by atoms with Crippen molar-refractivity contribution >= 4 is 11.4 Å². The van der Waals surface area contributed by atoms with Crippen LogP contribution in [0.3, 0.4) is 0 Å². The van der Waals surface area contributed by atoms with Crippen molar-refractivity contribution in [3.05, 3.63) is 69.3 Å². The van der Waals surface area contributed by atoms with Gasteiger partial charge in [-0.15, -0.1) is 0 Å². The Bertz CT molecular complexity index is 689. The molecule has 0 saturated carbocycles. The maximum absolute atomic E-state index is 13.2. The third kappa shape index (κ3) is 3.34. The summed E-state index contributed by atoms with van der Waals surface area (Å²) in [5.74, 6) is -1.86. The van der Waals surface area contributed by atoms with Crippen LogP contribution in [0.5, 0.6) is 0 Å². The van der Waals surface area contributed by atoms with Crippen LogP contribution in [0.25, 0.3) is 0 Å². The van der Waals surface area contributed by atoms with Crippen molar-refractivity contribution in [3.8, 4) is 0 Å². The monoisotopic (exact) mass is 292 g/mol. The van der Waals surface area contributed by atoms with Crippen molar-refractivity contribution in [1.29, 1.82) is 0 Å². The van der Waals surface area contributed by atoms with E-state index in [1.807, 2.05) is 0 Å². The van der Waals surface area contributed by atoms with E-state index < -0.39 is 16.6 Å². The number of hydrogen-bond acceptors (Lipinski definition) is 3. The van der Waals surface area contributed by atoms with Gasteiger partial charge in [-0.05, 0) is 31.5 Å². The summed E-state index contributed by atoms with van der Waals surface area (Å²) in [5.41, 5.74) is 1.71. The quantitative estimate of drug-likeness (QED) is 0.673. The van der Waals surface area contributed by atoms with Crippen LogP contribution in [0.15, 0.2) is 36.4 Å². The molecule has 0 aliphatic heterocycles. The summed E-state index contributed by atoms with van der Waals surface area (Å²) >= 11 is 0. The number of anilines is 1. The smallest absolute Gasteiger partial charge is 0.272 e. The summed E-state index contributed by atoms with van der Waals surface area (Å²) in [7, 11) is 0. The molecule has 1 N–H and O–H groups in total. The van der Waals surface area contributed by atoms with Crippen LogP contribution >= 0.6 is 0 Å². The van der Waals surface area contributed by atoms with Crippen LogP contribution < -0.4 is 5.32 Å². The molecular weight excluding hydrogens is 278 g/mol. The second kappa shape index (κ2) is 5.87. The minimum atomic E-state index is -0.943. The lowest BCUT2D eigenvalue weighted by Crippen LogP contribution is -2.08. The Kier molecular flexibility index (Phi) is 4.16. The number of nitro benzene ring substituents is 1. The van der Waals surface area contributed by atoms with Crippen molar-refractivity contribution in [1.82, 2.24) is 0 Å². The van der Waals surface area contributed by atoms with Gasteiger partial charge in [-0.25, -0.2) is 8.78 Å². The molecule has 0 radical (unpaired) electrons. The van der Waals surface area contributed by atoms with Crippen molar-refractivity contribution in [2.45, 2.75) is 19.9 Å². The zero-order chi connectivity index (χ0) is 15.6. The lowest BCUT2D eigenvalue weighted by Gasteiger charge is -2.16. The zero-order valence-electron chi connectivity index (χ0n) is 11.6. The number of aryl methyl sites for hydroxylation is 1. The molecule has 21 heavy (non-hydrogen) atoms. The molecule has 0 amide bonds. The molecule has 1 unspecified atom stereocenters. The molecule has 2 aromatic carbocycles. The number of hydrogen-bond donors (Lipinski definition) is 1. The number of benzene rings is 2. The first-order chi connectivity index (χ1) is 9.88. The molecule has 0 saturated heterocycles. The number of nitrogens with one attached hydrogen (secondary N) is 1. The van der Waals surface area contributed by atoms with Gasteiger partial charge in [0.25, 0.3) is 5.69 Å². The second-order valence-corrected chi connectivity index (χ2v) is 4.80. The predicted molar refractivity (Wildman–Crippen MR) is 76.2 cm³/mol.